The van der Waals surface area contributed by atoms with Gasteiger partial charge < -0.3 is 14.9 Å². The first-order valence-corrected chi connectivity index (χ1v) is 8.45. The van der Waals surface area contributed by atoms with Crippen LogP contribution in [-0.2, 0) is 14.5 Å². The zero-order valence-electron chi connectivity index (χ0n) is 14.1. The highest BCUT2D eigenvalue weighted by Gasteiger charge is 2.66. The molecule has 6 atom stereocenters. The molecule has 0 aromatic carbocycles. The van der Waals surface area contributed by atoms with Crippen LogP contribution in [0.15, 0.2) is 0 Å². The van der Waals surface area contributed by atoms with Gasteiger partial charge in [-0.3, -0.25) is 0 Å². The van der Waals surface area contributed by atoms with Gasteiger partial charge in [0, 0.05) is 18.3 Å². The molecule has 4 rings (SSSR count). The highest BCUT2D eigenvalue weighted by Crippen LogP contribution is 2.57. The standard InChI is InChI=1S/C16H25F3O5/c1-9-4-5-12(10(2)15(20,21)16(17,18)19)14-8-22-13(3,23-24-14)7-6-11(9)14/h9-12,20-21H,4-8H2,1-3H3/t9-,10-,11?,12+,13+,14-/m1/s1. The van der Waals surface area contributed by atoms with Crippen LogP contribution in [0, 0.1) is 23.7 Å². The number of rotatable bonds is 2. The second-order valence-electron chi connectivity index (χ2n) is 7.86. The molecule has 0 amide bonds. The zero-order valence-corrected chi connectivity index (χ0v) is 14.1. The van der Waals surface area contributed by atoms with Gasteiger partial charge in [0.15, 0.2) is 5.79 Å². The van der Waals surface area contributed by atoms with Crippen molar-refractivity contribution in [1.29, 1.82) is 0 Å². The Morgan fingerprint density at radius 2 is 1.79 bits per heavy atom. The topological polar surface area (TPSA) is 68.2 Å². The van der Waals surface area contributed by atoms with Crippen LogP contribution in [-0.4, -0.2) is 40.2 Å². The molecule has 1 unspecified atom stereocenters. The predicted molar refractivity (Wildman–Crippen MR) is 76.3 cm³/mol. The van der Waals surface area contributed by atoms with Crippen molar-refractivity contribution in [2.75, 3.05) is 6.61 Å². The van der Waals surface area contributed by atoms with Gasteiger partial charge >= 0.3 is 6.18 Å². The van der Waals surface area contributed by atoms with E-state index in [1.54, 1.807) is 6.92 Å². The van der Waals surface area contributed by atoms with E-state index in [1.165, 1.54) is 6.92 Å². The minimum absolute atomic E-state index is 0.0490. The molecule has 24 heavy (non-hydrogen) atoms. The number of fused-ring (bicyclic) bond motifs is 3. The van der Waals surface area contributed by atoms with E-state index in [4.69, 9.17) is 14.5 Å². The van der Waals surface area contributed by atoms with E-state index in [0.717, 1.165) is 0 Å². The molecule has 0 radical (unpaired) electrons. The summed E-state index contributed by atoms with van der Waals surface area (Å²) in [5.74, 6) is -6.70. The fraction of sp³-hybridized carbons (Fsp3) is 1.00. The number of ether oxygens (including phenoxy) is 1. The van der Waals surface area contributed by atoms with Gasteiger partial charge in [0.25, 0.3) is 5.79 Å². The van der Waals surface area contributed by atoms with Crippen molar-refractivity contribution in [1.82, 2.24) is 0 Å². The van der Waals surface area contributed by atoms with Crippen molar-refractivity contribution in [2.45, 2.75) is 69.8 Å². The van der Waals surface area contributed by atoms with Crippen LogP contribution >= 0.6 is 0 Å². The van der Waals surface area contributed by atoms with E-state index >= 15 is 0 Å². The molecule has 1 aliphatic carbocycles. The Balaban J connectivity index is 1.97. The van der Waals surface area contributed by atoms with Gasteiger partial charge in [-0.15, -0.1) is 0 Å². The maximum atomic E-state index is 13.1. The summed E-state index contributed by atoms with van der Waals surface area (Å²) in [5, 5.41) is 19.5. The first kappa shape index (κ1) is 18.4. The van der Waals surface area contributed by atoms with Crippen molar-refractivity contribution < 1.29 is 37.9 Å². The lowest BCUT2D eigenvalue weighted by atomic mass is 9.58. The third-order valence-corrected chi connectivity index (χ3v) is 6.42. The quantitative estimate of drug-likeness (QED) is 0.590. The number of alkyl halides is 3. The number of hydrogen-bond acceptors (Lipinski definition) is 5. The van der Waals surface area contributed by atoms with Gasteiger partial charge in [-0.05, 0) is 38.0 Å². The molecule has 140 valence electrons. The summed E-state index contributed by atoms with van der Waals surface area (Å²) in [4.78, 5) is 11.1. The molecule has 0 aromatic rings. The minimum atomic E-state index is -5.14. The number of aliphatic hydroxyl groups is 2. The lowest BCUT2D eigenvalue weighted by Gasteiger charge is -2.54. The highest BCUT2D eigenvalue weighted by molar-refractivity contribution is 5.06. The maximum absolute atomic E-state index is 13.1. The summed E-state index contributed by atoms with van der Waals surface area (Å²) in [6, 6.07) is 0. The average molecular weight is 354 g/mol. The summed E-state index contributed by atoms with van der Waals surface area (Å²) >= 11 is 0. The Kier molecular flexibility index (Phi) is 4.24. The second-order valence-corrected chi connectivity index (χ2v) is 7.86. The van der Waals surface area contributed by atoms with Gasteiger partial charge in [-0.1, -0.05) is 13.8 Å². The van der Waals surface area contributed by atoms with Gasteiger partial charge in [-0.2, -0.15) is 13.2 Å². The summed E-state index contributed by atoms with van der Waals surface area (Å²) in [6.07, 6.45) is -2.75. The molecular formula is C16H25F3O5. The third kappa shape index (κ3) is 2.58. The third-order valence-electron chi connectivity index (χ3n) is 6.42. The van der Waals surface area contributed by atoms with Gasteiger partial charge in [-0.25, -0.2) is 9.78 Å². The van der Waals surface area contributed by atoms with Crippen LogP contribution in [0.5, 0.6) is 0 Å². The monoisotopic (exact) mass is 354 g/mol. The Labute approximate surface area is 139 Å². The van der Waals surface area contributed by atoms with E-state index in [2.05, 4.69) is 0 Å². The molecule has 2 N–H and O–H groups in total. The smallest absolute Gasteiger partial charge is 0.358 e. The van der Waals surface area contributed by atoms with E-state index in [0.29, 0.717) is 25.7 Å². The summed E-state index contributed by atoms with van der Waals surface area (Å²) in [7, 11) is 0. The van der Waals surface area contributed by atoms with E-state index in [9.17, 15) is 23.4 Å². The van der Waals surface area contributed by atoms with Crippen LogP contribution in [0.3, 0.4) is 0 Å². The molecule has 5 nitrogen and oxygen atoms in total. The lowest BCUT2D eigenvalue weighted by Crippen LogP contribution is -2.64. The predicted octanol–water partition coefficient (Wildman–Crippen LogP) is 2.76. The van der Waals surface area contributed by atoms with E-state index in [1.807, 2.05) is 6.92 Å². The van der Waals surface area contributed by atoms with Crippen molar-refractivity contribution in [3.63, 3.8) is 0 Å². The van der Waals surface area contributed by atoms with Crippen LogP contribution in [0.2, 0.25) is 0 Å². The number of hydrogen-bond donors (Lipinski definition) is 2. The van der Waals surface area contributed by atoms with Crippen LogP contribution in [0.1, 0.15) is 46.5 Å². The summed E-state index contributed by atoms with van der Waals surface area (Å²) in [6.45, 7) is 5.11. The lowest BCUT2D eigenvalue weighted by molar-refractivity contribution is -0.520. The minimum Gasteiger partial charge on any atom is -0.358 e. The molecule has 0 aromatic heterocycles. The van der Waals surface area contributed by atoms with Crippen molar-refractivity contribution in [3.8, 4) is 0 Å². The van der Waals surface area contributed by atoms with Gasteiger partial charge in [0.05, 0.1) is 6.61 Å². The Hall–Kier alpha value is -0.410. The molecule has 8 heteroatoms. The van der Waals surface area contributed by atoms with E-state index < -0.39 is 35.2 Å². The summed E-state index contributed by atoms with van der Waals surface area (Å²) in [5.41, 5.74) is -1.09. The van der Waals surface area contributed by atoms with Crippen molar-refractivity contribution >= 4 is 0 Å². The molecular weight excluding hydrogens is 329 g/mol. The highest BCUT2D eigenvalue weighted by atomic mass is 19.4. The Bertz CT molecular complexity index is 485. The molecule has 3 saturated heterocycles. The fourth-order valence-electron chi connectivity index (χ4n) is 4.73. The zero-order chi connectivity index (χ0) is 18.0. The van der Waals surface area contributed by atoms with E-state index in [-0.39, 0.29) is 18.4 Å². The molecule has 1 saturated carbocycles. The van der Waals surface area contributed by atoms with Crippen LogP contribution in [0.25, 0.3) is 0 Å². The number of halogens is 3. The Morgan fingerprint density at radius 3 is 2.33 bits per heavy atom. The summed E-state index contributed by atoms with van der Waals surface area (Å²) < 4.78 is 45.1. The second kappa shape index (κ2) is 5.54. The first-order valence-electron chi connectivity index (χ1n) is 8.45. The molecule has 1 spiro atoms. The molecule has 4 fully saturated rings. The largest absolute Gasteiger partial charge is 0.443 e. The molecule has 4 aliphatic rings. The molecule has 2 bridgehead atoms. The molecule has 3 aliphatic heterocycles. The van der Waals surface area contributed by atoms with Crippen molar-refractivity contribution in [3.05, 3.63) is 0 Å². The molecule has 3 heterocycles. The fourth-order valence-corrected chi connectivity index (χ4v) is 4.73. The van der Waals surface area contributed by atoms with Gasteiger partial charge in [0.2, 0.25) is 0 Å². The first-order chi connectivity index (χ1) is 10.9. The normalized spacial score (nSPS) is 44.8. The van der Waals surface area contributed by atoms with Crippen molar-refractivity contribution in [2.24, 2.45) is 23.7 Å². The SMILES string of the molecule is C[C@@H]1CC[C@@H]([C@@H](C)C(O)(O)C(F)(F)F)[C@@]23CO[C@](C)(CCC12)OO3. The average Bonchev–Trinajstić information content (AvgIpc) is 2.73. The van der Waals surface area contributed by atoms with Crippen LogP contribution in [0.4, 0.5) is 13.2 Å². The Morgan fingerprint density at radius 1 is 1.12 bits per heavy atom. The van der Waals surface area contributed by atoms with Gasteiger partial charge in [0.1, 0.15) is 5.60 Å². The van der Waals surface area contributed by atoms with Crippen LogP contribution < -0.4 is 0 Å². The maximum Gasteiger partial charge on any atom is 0.443 e.